The second-order valence-corrected chi connectivity index (χ2v) is 6.57. The second kappa shape index (κ2) is 6.44. The van der Waals surface area contributed by atoms with Gasteiger partial charge in [0.2, 0.25) is 5.91 Å². The minimum absolute atomic E-state index is 0.311. The van der Waals surface area contributed by atoms with Crippen LogP contribution in [0.5, 0.6) is 0 Å². The molecule has 0 aromatic rings. The quantitative estimate of drug-likeness (QED) is 0.859. The van der Waals surface area contributed by atoms with Crippen LogP contribution in [0.1, 0.15) is 51.9 Å². The first-order valence-electron chi connectivity index (χ1n) is 8.43. The summed E-state index contributed by atoms with van der Waals surface area (Å²) >= 11 is 0. The van der Waals surface area contributed by atoms with Crippen molar-refractivity contribution in [2.24, 2.45) is 5.92 Å². The number of ether oxygens (including phenoxy) is 1. The molecule has 3 atom stereocenters. The van der Waals surface area contributed by atoms with Crippen LogP contribution in [-0.2, 0) is 9.53 Å². The van der Waals surface area contributed by atoms with Crippen LogP contribution in [0.25, 0.3) is 0 Å². The minimum atomic E-state index is 0.311. The third-order valence-corrected chi connectivity index (χ3v) is 5.38. The number of rotatable bonds is 3. The molecule has 1 N–H and O–H groups in total. The van der Waals surface area contributed by atoms with Gasteiger partial charge in [0.05, 0.1) is 6.10 Å². The molecule has 20 heavy (non-hydrogen) atoms. The van der Waals surface area contributed by atoms with E-state index in [1.807, 2.05) is 11.8 Å². The number of nitrogens with one attached hydrogen (secondary N) is 1. The van der Waals surface area contributed by atoms with Crippen molar-refractivity contribution in [2.45, 2.75) is 70.1 Å². The second-order valence-electron chi connectivity index (χ2n) is 6.57. The number of amides is 1. The molecule has 4 heteroatoms. The number of carbonyl (C=O) groups excluding carboxylic acids is 1. The Morgan fingerprint density at radius 1 is 1.20 bits per heavy atom. The van der Waals surface area contributed by atoms with Gasteiger partial charge in [0, 0.05) is 44.1 Å². The molecule has 0 aromatic carbocycles. The summed E-state index contributed by atoms with van der Waals surface area (Å²) in [5, 5.41) is 3.89. The van der Waals surface area contributed by atoms with Crippen molar-refractivity contribution in [1.82, 2.24) is 10.2 Å². The molecule has 1 amide bonds. The first-order chi connectivity index (χ1) is 9.78. The van der Waals surface area contributed by atoms with Gasteiger partial charge in [-0.05, 0) is 38.5 Å². The Labute approximate surface area is 122 Å². The Balaban J connectivity index is 1.48. The van der Waals surface area contributed by atoms with E-state index in [1.54, 1.807) is 0 Å². The van der Waals surface area contributed by atoms with E-state index in [4.69, 9.17) is 4.74 Å². The van der Waals surface area contributed by atoms with Gasteiger partial charge in [-0.2, -0.15) is 0 Å². The molecular formula is C16H28N2O2. The van der Waals surface area contributed by atoms with E-state index in [2.05, 4.69) is 5.32 Å². The van der Waals surface area contributed by atoms with Crippen molar-refractivity contribution in [3.8, 4) is 0 Å². The van der Waals surface area contributed by atoms with Gasteiger partial charge in [0.1, 0.15) is 0 Å². The standard InChI is InChI=1S/C16H28N2O2/c1-2-16(19)18-9-6-12(7-10-18)17-14-4-3-5-15-13(14)8-11-20-15/h12-15,17H,2-11H2,1H3. The smallest absolute Gasteiger partial charge is 0.222 e. The Morgan fingerprint density at radius 2 is 2.00 bits per heavy atom. The fourth-order valence-electron chi connectivity index (χ4n) is 4.20. The maximum atomic E-state index is 11.7. The predicted molar refractivity (Wildman–Crippen MR) is 78.5 cm³/mol. The molecule has 3 rings (SSSR count). The number of piperidine rings is 1. The molecule has 3 unspecified atom stereocenters. The topological polar surface area (TPSA) is 41.6 Å². The van der Waals surface area contributed by atoms with Gasteiger partial charge in [0.15, 0.2) is 0 Å². The van der Waals surface area contributed by atoms with Gasteiger partial charge in [0.25, 0.3) is 0 Å². The van der Waals surface area contributed by atoms with Gasteiger partial charge in [-0.15, -0.1) is 0 Å². The molecule has 2 saturated heterocycles. The zero-order valence-corrected chi connectivity index (χ0v) is 12.6. The molecule has 2 aliphatic heterocycles. The molecule has 0 bridgehead atoms. The number of fused-ring (bicyclic) bond motifs is 1. The van der Waals surface area contributed by atoms with E-state index in [0.717, 1.165) is 38.5 Å². The van der Waals surface area contributed by atoms with Crippen LogP contribution in [0.4, 0.5) is 0 Å². The monoisotopic (exact) mass is 280 g/mol. The summed E-state index contributed by atoms with van der Waals surface area (Å²) in [7, 11) is 0. The van der Waals surface area contributed by atoms with Crippen LogP contribution in [0.15, 0.2) is 0 Å². The van der Waals surface area contributed by atoms with E-state index in [9.17, 15) is 4.79 Å². The molecule has 4 nitrogen and oxygen atoms in total. The summed E-state index contributed by atoms with van der Waals surface area (Å²) < 4.78 is 5.85. The van der Waals surface area contributed by atoms with Crippen LogP contribution in [0.3, 0.4) is 0 Å². The summed E-state index contributed by atoms with van der Waals surface area (Å²) in [6.45, 7) is 4.77. The Kier molecular flexibility index (Phi) is 4.61. The highest BCUT2D eigenvalue weighted by atomic mass is 16.5. The molecule has 3 aliphatic rings. The lowest BCUT2D eigenvalue weighted by Gasteiger charge is -2.39. The van der Waals surface area contributed by atoms with Gasteiger partial charge < -0.3 is 15.0 Å². The zero-order valence-electron chi connectivity index (χ0n) is 12.6. The highest BCUT2D eigenvalue weighted by molar-refractivity contribution is 5.75. The average molecular weight is 280 g/mol. The lowest BCUT2D eigenvalue weighted by molar-refractivity contribution is -0.132. The third kappa shape index (κ3) is 3.01. The number of carbonyl (C=O) groups is 1. The van der Waals surface area contributed by atoms with Crippen molar-refractivity contribution in [2.75, 3.05) is 19.7 Å². The summed E-state index contributed by atoms with van der Waals surface area (Å²) in [5.41, 5.74) is 0. The lowest BCUT2D eigenvalue weighted by atomic mass is 9.81. The number of hydrogen-bond acceptors (Lipinski definition) is 3. The Hall–Kier alpha value is -0.610. The van der Waals surface area contributed by atoms with Crippen molar-refractivity contribution in [3.63, 3.8) is 0 Å². The van der Waals surface area contributed by atoms with Gasteiger partial charge in [-0.1, -0.05) is 6.92 Å². The SMILES string of the molecule is CCC(=O)N1CCC(NC2CCCC3OCCC23)CC1. The van der Waals surface area contributed by atoms with Crippen molar-refractivity contribution < 1.29 is 9.53 Å². The van der Waals surface area contributed by atoms with Crippen molar-refractivity contribution in [1.29, 1.82) is 0 Å². The van der Waals surface area contributed by atoms with E-state index in [-0.39, 0.29) is 0 Å². The zero-order chi connectivity index (χ0) is 13.9. The van der Waals surface area contributed by atoms with E-state index < -0.39 is 0 Å². The molecule has 114 valence electrons. The van der Waals surface area contributed by atoms with Crippen LogP contribution in [0.2, 0.25) is 0 Å². The maximum absolute atomic E-state index is 11.7. The van der Waals surface area contributed by atoms with Crippen LogP contribution < -0.4 is 5.32 Å². The molecule has 0 radical (unpaired) electrons. The lowest BCUT2D eigenvalue weighted by Crippen LogP contribution is -2.51. The van der Waals surface area contributed by atoms with E-state index in [0.29, 0.717) is 30.5 Å². The van der Waals surface area contributed by atoms with Crippen LogP contribution in [0, 0.1) is 5.92 Å². The third-order valence-electron chi connectivity index (χ3n) is 5.38. The van der Waals surface area contributed by atoms with E-state index >= 15 is 0 Å². The fraction of sp³-hybridized carbons (Fsp3) is 0.938. The number of hydrogen-bond donors (Lipinski definition) is 1. The normalized spacial score (nSPS) is 35.0. The molecule has 3 fully saturated rings. The molecule has 2 heterocycles. The van der Waals surface area contributed by atoms with Crippen molar-refractivity contribution in [3.05, 3.63) is 0 Å². The summed E-state index contributed by atoms with van der Waals surface area (Å²) in [5.74, 6) is 1.05. The van der Waals surface area contributed by atoms with Gasteiger partial charge in [-0.3, -0.25) is 4.79 Å². The molecule has 1 aliphatic carbocycles. The summed E-state index contributed by atoms with van der Waals surface area (Å²) in [6, 6.07) is 1.25. The number of nitrogens with zero attached hydrogens (tertiary/aromatic N) is 1. The molecule has 1 saturated carbocycles. The summed E-state index contributed by atoms with van der Waals surface area (Å²) in [4.78, 5) is 13.7. The van der Waals surface area contributed by atoms with Gasteiger partial charge in [-0.25, -0.2) is 0 Å². The van der Waals surface area contributed by atoms with Gasteiger partial charge >= 0.3 is 0 Å². The van der Waals surface area contributed by atoms with E-state index in [1.165, 1.54) is 25.7 Å². The minimum Gasteiger partial charge on any atom is -0.378 e. The first-order valence-corrected chi connectivity index (χ1v) is 8.43. The maximum Gasteiger partial charge on any atom is 0.222 e. The Morgan fingerprint density at radius 3 is 2.75 bits per heavy atom. The fourth-order valence-corrected chi connectivity index (χ4v) is 4.20. The largest absolute Gasteiger partial charge is 0.378 e. The summed E-state index contributed by atoms with van der Waals surface area (Å²) in [6.07, 6.45) is 8.47. The molecular weight excluding hydrogens is 252 g/mol. The first kappa shape index (κ1) is 14.3. The highest BCUT2D eigenvalue weighted by Crippen LogP contribution is 2.35. The Bertz CT molecular complexity index is 339. The number of likely N-dealkylation sites (tertiary alicyclic amines) is 1. The van der Waals surface area contributed by atoms with Crippen LogP contribution >= 0.6 is 0 Å². The van der Waals surface area contributed by atoms with Crippen molar-refractivity contribution >= 4 is 5.91 Å². The molecule has 0 aromatic heterocycles. The van der Waals surface area contributed by atoms with Crippen LogP contribution in [-0.4, -0.2) is 48.7 Å². The predicted octanol–water partition coefficient (Wildman–Crippen LogP) is 1.93. The highest BCUT2D eigenvalue weighted by Gasteiger charge is 2.38. The average Bonchev–Trinajstić information content (AvgIpc) is 2.97. The molecule has 0 spiro atoms.